The maximum absolute atomic E-state index is 9.12. The van der Waals surface area contributed by atoms with Crippen molar-refractivity contribution in [3.8, 4) is 17.2 Å². The number of aryl methyl sites for hydroxylation is 1. The van der Waals surface area contributed by atoms with Gasteiger partial charge in [0.2, 0.25) is 0 Å². The normalized spacial score (nSPS) is 10.8. The molecule has 0 atom stereocenters. The first-order valence-corrected chi connectivity index (χ1v) is 10.8. The molecule has 33 heavy (non-hydrogen) atoms. The summed E-state index contributed by atoms with van der Waals surface area (Å²) < 4.78 is 16.8. The van der Waals surface area contributed by atoms with E-state index in [2.05, 4.69) is 6.92 Å². The number of fused-ring (bicyclic) bond motifs is 2. The molecule has 0 radical (unpaired) electrons. The van der Waals surface area contributed by atoms with Crippen molar-refractivity contribution in [1.82, 2.24) is 9.97 Å². The minimum absolute atomic E-state index is 0. The van der Waals surface area contributed by atoms with E-state index in [0.29, 0.717) is 23.7 Å². The molecule has 0 saturated heterocycles. The topological polar surface area (TPSA) is 73.7 Å². The summed E-state index contributed by atoms with van der Waals surface area (Å²) in [5.74, 6) is 2.07. The summed E-state index contributed by atoms with van der Waals surface area (Å²) in [4.78, 5) is 9.64. The van der Waals surface area contributed by atoms with Gasteiger partial charge in [0.1, 0.15) is 17.9 Å². The molecule has 0 aliphatic carbocycles. The Bertz CT molecular complexity index is 1240. The highest BCUT2D eigenvalue weighted by Crippen LogP contribution is 2.36. The number of benzene rings is 2. The molecule has 0 saturated carbocycles. The molecule has 4 aromatic rings. The molecule has 0 spiro atoms. The highest BCUT2D eigenvalue weighted by atomic mass is 16.5. The van der Waals surface area contributed by atoms with Crippen molar-refractivity contribution in [2.45, 2.75) is 33.6 Å². The van der Waals surface area contributed by atoms with Crippen molar-refractivity contribution in [3.63, 3.8) is 0 Å². The third-order valence-corrected chi connectivity index (χ3v) is 5.50. The molecule has 6 heteroatoms. The predicted octanol–water partition coefficient (Wildman–Crippen LogP) is 5.35. The summed E-state index contributed by atoms with van der Waals surface area (Å²) in [6.07, 6.45) is 4.47. The van der Waals surface area contributed by atoms with Gasteiger partial charge in [-0.3, -0.25) is 4.98 Å². The summed E-state index contributed by atoms with van der Waals surface area (Å²) in [6.45, 7) is 2.35. The van der Waals surface area contributed by atoms with E-state index in [0.717, 1.165) is 51.5 Å². The molecule has 0 fully saturated rings. The monoisotopic (exact) mass is 448 g/mol. The fourth-order valence-corrected chi connectivity index (χ4v) is 3.98. The Morgan fingerprint density at radius 1 is 0.939 bits per heavy atom. The molecule has 2 aromatic heterocycles. The summed E-state index contributed by atoms with van der Waals surface area (Å²) >= 11 is 0. The second-order valence-electron chi connectivity index (χ2n) is 7.61. The number of aliphatic hydroxyl groups excluding tert-OH is 1. The number of ether oxygens (including phenoxy) is 3. The van der Waals surface area contributed by atoms with E-state index in [1.54, 1.807) is 14.2 Å². The molecule has 0 aliphatic rings. The lowest BCUT2D eigenvalue weighted by Gasteiger charge is -2.15. The zero-order chi connectivity index (χ0) is 22.5. The average molecular weight is 449 g/mol. The van der Waals surface area contributed by atoms with Crippen LogP contribution < -0.4 is 14.2 Å². The molecule has 0 aliphatic heterocycles. The number of rotatable bonds is 9. The SMILES string of the molecule is C.CCCc1ncc(Cc2ccc3cccc(OCCO)c3n2)c2cc(OC)c(OC)cc12. The number of aliphatic hydroxyl groups is 1. The largest absolute Gasteiger partial charge is 0.493 e. The number of hydrogen-bond donors (Lipinski definition) is 1. The van der Waals surface area contributed by atoms with Gasteiger partial charge in [-0.1, -0.05) is 39.0 Å². The fraction of sp³-hybridized carbons (Fsp3) is 0.333. The van der Waals surface area contributed by atoms with Crippen molar-refractivity contribution >= 4 is 21.7 Å². The third-order valence-electron chi connectivity index (χ3n) is 5.50. The first kappa shape index (κ1) is 24.3. The van der Waals surface area contributed by atoms with Crippen molar-refractivity contribution < 1.29 is 19.3 Å². The Morgan fingerprint density at radius 3 is 2.39 bits per heavy atom. The Balaban J connectivity index is 0.00000306. The van der Waals surface area contributed by atoms with Gasteiger partial charge in [-0.2, -0.15) is 0 Å². The molecular weight excluding hydrogens is 416 g/mol. The maximum Gasteiger partial charge on any atom is 0.161 e. The first-order valence-electron chi connectivity index (χ1n) is 10.8. The van der Waals surface area contributed by atoms with Gasteiger partial charge in [0.25, 0.3) is 0 Å². The quantitative estimate of drug-likeness (QED) is 0.372. The molecule has 4 rings (SSSR count). The predicted molar refractivity (Wildman–Crippen MR) is 133 cm³/mol. The number of pyridine rings is 2. The molecule has 0 unspecified atom stereocenters. The molecular formula is C27H32N2O4. The fourth-order valence-electron chi connectivity index (χ4n) is 3.98. The van der Waals surface area contributed by atoms with Crippen LogP contribution in [0.2, 0.25) is 0 Å². The number of para-hydroxylation sites is 1. The van der Waals surface area contributed by atoms with Crippen LogP contribution in [0, 0.1) is 0 Å². The number of hydrogen-bond acceptors (Lipinski definition) is 6. The van der Waals surface area contributed by atoms with Crippen LogP contribution in [0.1, 0.15) is 37.7 Å². The summed E-state index contributed by atoms with van der Waals surface area (Å²) in [5.41, 5.74) is 3.83. The molecule has 174 valence electrons. The number of methoxy groups -OCH3 is 2. The van der Waals surface area contributed by atoms with Gasteiger partial charge in [-0.05, 0) is 41.6 Å². The van der Waals surface area contributed by atoms with Crippen LogP contribution in [0.15, 0.2) is 48.7 Å². The lowest BCUT2D eigenvalue weighted by molar-refractivity contribution is 0.202. The molecule has 2 aromatic carbocycles. The average Bonchev–Trinajstić information content (AvgIpc) is 2.83. The summed E-state index contributed by atoms with van der Waals surface area (Å²) in [5, 5.41) is 12.3. The van der Waals surface area contributed by atoms with Gasteiger partial charge in [0, 0.05) is 34.8 Å². The zero-order valence-corrected chi connectivity index (χ0v) is 18.7. The molecule has 1 N–H and O–H groups in total. The van der Waals surface area contributed by atoms with Crippen LogP contribution in [0.5, 0.6) is 17.2 Å². The van der Waals surface area contributed by atoms with Gasteiger partial charge < -0.3 is 19.3 Å². The van der Waals surface area contributed by atoms with Gasteiger partial charge >= 0.3 is 0 Å². The Hall–Kier alpha value is -3.38. The van der Waals surface area contributed by atoms with Crippen LogP contribution in [-0.4, -0.2) is 42.5 Å². The highest BCUT2D eigenvalue weighted by molar-refractivity contribution is 5.91. The lowest BCUT2D eigenvalue weighted by atomic mass is 9.99. The van der Waals surface area contributed by atoms with E-state index in [9.17, 15) is 0 Å². The molecule has 6 nitrogen and oxygen atoms in total. The van der Waals surface area contributed by atoms with Gasteiger partial charge in [0.05, 0.1) is 20.8 Å². The number of aromatic nitrogens is 2. The van der Waals surface area contributed by atoms with Crippen molar-refractivity contribution in [2.75, 3.05) is 27.4 Å². The van der Waals surface area contributed by atoms with Crippen LogP contribution in [0.25, 0.3) is 21.7 Å². The van der Waals surface area contributed by atoms with Crippen LogP contribution in [0.3, 0.4) is 0 Å². The van der Waals surface area contributed by atoms with Crippen LogP contribution >= 0.6 is 0 Å². The van der Waals surface area contributed by atoms with Gasteiger partial charge in [0.15, 0.2) is 11.5 Å². The Kier molecular flexibility index (Phi) is 8.06. The Morgan fingerprint density at radius 2 is 1.70 bits per heavy atom. The second kappa shape index (κ2) is 11.0. The minimum Gasteiger partial charge on any atom is -0.493 e. The van der Waals surface area contributed by atoms with Crippen LogP contribution in [0.4, 0.5) is 0 Å². The van der Waals surface area contributed by atoms with Crippen molar-refractivity contribution in [1.29, 1.82) is 0 Å². The molecule has 0 amide bonds. The van der Waals surface area contributed by atoms with E-state index in [-0.39, 0.29) is 20.6 Å². The maximum atomic E-state index is 9.12. The molecule has 2 heterocycles. The summed E-state index contributed by atoms with van der Waals surface area (Å²) in [7, 11) is 3.30. The van der Waals surface area contributed by atoms with E-state index in [1.165, 1.54) is 0 Å². The standard InChI is InChI=1S/C26H28N2O4.CH4/c1-4-6-22-21-15-25(31-3)24(30-2)14-20(21)18(16-27-22)13-19-10-9-17-7-5-8-23(26(17)28-19)32-12-11-29;/h5,7-10,14-16,29H,4,6,11-13H2,1-3H3;1H4. The second-order valence-corrected chi connectivity index (χ2v) is 7.61. The minimum atomic E-state index is -0.0386. The smallest absolute Gasteiger partial charge is 0.161 e. The van der Waals surface area contributed by atoms with Crippen LogP contribution in [-0.2, 0) is 12.8 Å². The highest BCUT2D eigenvalue weighted by Gasteiger charge is 2.14. The van der Waals surface area contributed by atoms with E-state index < -0.39 is 0 Å². The first-order chi connectivity index (χ1) is 15.7. The summed E-state index contributed by atoms with van der Waals surface area (Å²) in [6, 6.07) is 13.9. The third kappa shape index (κ3) is 5.01. The Labute approximate surface area is 195 Å². The van der Waals surface area contributed by atoms with E-state index in [4.69, 9.17) is 29.3 Å². The molecule has 0 bridgehead atoms. The zero-order valence-electron chi connectivity index (χ0n) is 18.7. The van der Waals surface area contributed by atoms with Crippen molar-refractivity contribution in [2.24, 2.45) is 0 Å². The van der Waals surface area contributed by atoms with Gasteiger partial charge in [-0.15, -0.1) is 0 Å². The van der Waals surface area contributed by atoms with Crippen molar-refractivity contribution in [3.05, 3.63) is 65.6 Å². The van der Waals surface area contributed by atoms with E-state index >= 15 is 0 Å². The van der Waals surface area contributed by atoms with E-state index in [1.807, 2.05) is 48.7 Å². The number of nitrogens with zero attached hydrogens (tertiary/aromatic N) is 2. The lowest BCUT2D eigenvalue weighted by Crippen LogP contribution is -2.03. The van der Waals surface area contributed by atoms with Gasteiger partial charge in [-0.25, -0.2) is 4.98 Å².